The molecule has 0 spiro atoms. The largest absolute Gasteiger partial charge is 0.309 e. The van der Waals surface area contributed by atoms with Crippen molar-refractivity contribution in [3.63, 3.8) is 0 Å². The molecule has 3 nitrogen and oxygen atoms in total. The van der Waals surface area contributed by atoms with Gasteiger partial charge in [-0.2, -0.15) is 0 Å². The van der Waals surface area contributed by atoms with Gasteiger partial charge in [0, 0.05) is 46.0 Å². The summed E-state index contributed by atoms with van der Waals surface area (Å²) in [4.78, 5) is 9.25. The molecule has 0 radical (unpaired) electrons. The Balaban J connectivity index is 1.08. The lowest BCUT2D eigenvalue weighted by Crippen LogP contribution is -1.95. The van der Waals surface area contributed by atoms with Crippen LogP contribution in [0.2, 0.25) is 0 Å². The lowest BCUT2D eigenvalue weighted by molar-refractivity contribution is 1.18. The zero-order valence-electron chi connectivity index (χ0n) is 30.9. The molecule has 0 aliphatic heterocycles. The van der Waals surface area contributed by atoms with Gasteiger partial charge in [-0.3, -0.25) is 9.97 Å². The Morgan fingerprint density at radius 3 is 1.63 bits per heavy atom. The fraction of sp³-hybridized carbons (Fsp3) is 0. The number of nitrogens with zero attached hydrogens (tertiary/aromatic N) is 3. The van der Waals surface area contributed by atoms with Crippen molar-refractivity contribution in [2.75, 3.05) is 0 Å². The van der Waals surface area contributed by atoms with Crippen molar-refractivity contribution in [3.8, 4) is 39.2 Å². The zero-order valence-corrected chi connectivity index (χ0v) is 30.9. The molecule has 0 amide bonds. The molecule has 12 rings (SSSR count). The van der Waals surface area contributed by atoms with Crippen molar-refractivity contribution in [1.82, 2.24) is 14.5 Å². The van der Waals surface area contributed by atoms with Crippen LogP contribution in [0.25, 0.3) is 115 Å². The van der Waals surface area contributed by atoms with Gasteiger partial charge in [-0.1, -0.05) is 133 Å². The van der Waals surface area contributed by atoms with Crippen molar-refractivity contribution in [2.24, 2.45) is 0 Å². The van der Waals surface area contributed by atoms with Crippen molar-refractivity contribution >= 4 is 75.7 Å². The first-order valence-corrected chi connectivity index (χ1v) is 19.5. The maximum atomic E-state index is 4.64. The third-order valence-corrected chi connectivity index (χ3v) is 11.9. The predicted octanol–water partition coefficient (Wildman–Crippen LogP) is 14.3. The van der Waals surface area contributed by atoms with E-state index < -0.39 is 0 Å². The molecular formula is C54H33N3. The average molecular weight is 724 g/mol. The van der Waals surface area contributed by atoms with Gasteiger partial charge < -0.3 is 4.57 Å². The lowest BCUT2D eigenvalue weighted by Gasteiger charge is -2.17. The van der Waals surface area contributed by atoms with Gasteiger partial charge in [0.2, 0.25) is 0 Å². The fourth-order valence-corrected chi connectivity index (χ4v) is 9.39. The van der Waals surface area contributed by atoms with E-state index in [1.807, 2.05) is 30.7 Å². The smallest absolute Gasteiger partial charge is 0.0702 e. The van der Waals surface area contributed by atoms with E-state index in [9.17, 15) is 0 Å². The molecular weight excluding hydrogens is 691 g/mol. The summed E-state index contributed by atoms with van der Waals surface area (Å²) < 4.78 is 2.39. The molecule has 0 aliphatic rings. The molecule has 12 aromatic rings. The Morgan fingerprint density at radius 1 is 0.333 bits per heavy atom. The van der Waals surface area contributed by atoms with Crippen LogP contribution in [-0.4, -0.2) is 14.5 Å². The number of fused-ring (bicyclic) bond motifs is 12. The molecule has 264 valence electrons. The van der Waals surface area contributed by atoms with Crippen LogP contribution in [0.1, 0.15) is 0 Å². The van der Waals surface area contributed by atoms with Gasteiger partial charge in [0.1, 0.15) is 0 Å². The number of rotatable bonds is 4. The molecule has 0 saturated carbocycles. The van der Waals surface area contributed by atoms with Gasteiger partial charge in [0.05, 0.1) is 16.7 Å². The van der Waals surface area contributed by atoms with Crippen LogP contribution >= 0.6 is 0 Å². The van der Waals surface area contributed by atoms with Crippen LogP contribution < -0.4 is 0 Å². The van der Waals surface area contributed by atoms with E-state index in [1.54, 1.807) is 0 Å². The Morgan fingerprint density at radius 2 is 0.912 bits per heavy atom. The van der Waals surface area contributed by atoms with Crippen LogP contribution in [0.4, 0.5) is 0 Å². The molecule has 0 fully saturated rings. The second-order valence-electron chi connectivity index (χ2n) is 14.9. The first kappa shape index (κ1) is 31.7. The summed E-state index contributed by atoms with van der Waals surface area (Å²) in [7, 11) is 0. The molecule has 3 heteroatoms. The van der Waals surface area contributed by atoms with Crippen LogP contribution in [0, 0.1) is 0 Å². The van der Waals surface area contributed by atoms with Crippen LogP contribution in [0.3, 0.4) is 0 Å². The predicted molar refractivity (Wildman–Crippen MR) is 240 cm³/mol. The van der Waals surface area contributed by atoms with Crippen molar-refractivity contribution in [1.29, 1.82) is 0 Å². The Labute approximate surface area is 328 Å². The highest BCUT2D eigenvalue weighted by Gasteiger charge is 2.20. The molecule has 0 aliphatic carbocycles. The number of pyridine rings is 2. The summed E-state index contributed by atoms with van der Waals surface area (Å²) in [5.41, 5.74) is 10.5. The average Bonchev–Trinajstić information content (AvgIpc) is 3.63. The standard InChI is InChI=1S/C54H33N3/c1-2-12-36(13-3-1)57-53-27-29-55-33-51(53)50-32-49(42-18-8-9-19-46(42)54(50)57)45-26-25-37(38-14-4-5-15-39(38)45)34-21-23-43-44-24-22-35(52-20-10-11-28-56-52)31-48(44)41-17-7-6-16-40(41)47(43)30-34/h1-33H. The number of aromatic nitrogens is 3. The van der Waals surface area contributed by atoms with E-state index >= 15 is 0 Å². The maximum absolute atomic E-state index is 4.64. The summed E-state index contributed by atoms with van der Waals surface area (Å²) in [6.07, 6.45) is 5.77. The molecule has 0 atom stereocenters. The Hall–Kier alpha value is -7.62. The minimum absolute atomic E-state index is 0.984. The van der Waals surface area contributed by atoms with E-state index in [1.165, 1.54) is 87.0 Å². The van der Waals surface area contributed by atoms with Gasteiger partial charge in [0.15, 0.2) is 0 Å². The topological polar surface area (TPSA) is 30.7 Å². The zero-order chi connectivity index (χ0) is 37.5. The number of benzene rings is 9. The molecule has 0 unspecified atom stereocenters. The second-order valence-corrected chi connectivity index (χ2v) is 14.9. The highest BCUT2D eigenvalue weighted by molar-refractivity contribution is 6.27. The monoisotopic (exact) mass is 723 g/mol. The summed E-state index contributed by atoms with van der Waals surface area (Å²) in [6.45, 7) is 0. The number of para-hydroxylation sites is 1. The molecule has 9 aromatic carbocycles. The number of hydrogen-bond donors (Lipinski definition) is 0. The minimum atomic E-state index is 0.984. The van der Waals surface area contributed by atoms with Crippen LogP contribution in [0.5, 0.6) is 0 Å². The molecule has 0 N–H and O–H groups in total. The fourth-order valence-electron chi connectivity index (χ4n) is 9.39. The SMILES string of the molecule is c1ccc(-n2c3ccncc3c3cc(-c4ccc(-c5ccc6c7ccc(-c8ccccn8)cc7c7ccccc7c6c5)c5ccccc45)c4ccccc4c32)cc1. The summed E-state index contributed by atoms with van der Waals surface area (Å²) in [5.74, 6) is 0. The van der Waals surface area contributed by atoms with E-state index in [2.05, 4.69) is 184 Å². The summed E-state index contributed by atoms with van der Waals surface area (Å²) in [5, 5.41) is 14.8. The van der Waals surface area contributed by atoms with Crippen molar-refractivity contribution in [3.05, 3.63) is 201 Å². The Bertz CT molecular complexity index is 3550. The van der Waals surface area contributed by atoms with Crippen LogP contribution in [-0.2, 0) is 0 Å². The van der Waals surface area contributed by atoms with Crippen molar-refractivity contribution in [2.45, 2.75) is 0 Å². The Kier molecular flexibility index (Phi) is 6.93. The van der Waals surface area contributed by atoms with E-state index in [0.717, 1.165) is 27.8 Å². The third kappa shape index (κ3) is 4.79. The molecule has 0 bridgehead atoms. The van der Waals surface area contributed by atoms with E-state index in [0.29, 0.717) is 0 Å². The number of hydrogen-bond acceptors (Lipinski definition) is 2. The molecule has 57 heavy (non-hydrogen) atoms. The van der Waals surface area contributed by atoms with Gasteiger partial charge in [-0.25, -0.2) is 0 Å². The summed E-state index contributed by atoms with van der Waals surface area (Å²) >= 11 is 0. The first-order chi connectivity index (χ1) is 28.3. The highest BCUT2D eigenvalue weighted by atomic mass is 15.0. The van der Waals surface area contributed by atoms with Gasteiger partial charge in [-0.15, -0.1) is 0 Å². The second kappa shape index (κ2) is 12.5. The normalized spacial score (nSPS) is 11.9. The molecule has 0 saturated heterocycles. The quantitative estimate of drug-likeness (QED) is 0.169. The first-order valence-electron chi connectivity index (χ1n) is 19.5. The summed E-state index contributed by atoms with van der Waals surface area (Å²) in [6, 6.07) is 66.3. The minimum Gasteiger partial charge on any atom is -0.309 e. The molecule has 3 heterocycles. The maximum Gasteiger partial charge on any atom is 0.0702 e. The van der Waals surface area contributed by atoms with Crippen LogP contribution in [0.15, 0.2) is 201 Å². The van der Waals surface area contributed by atoms with Crippen molar-refractivity contribution < 1.29 is 0 Å². The third-order valence-electron chi connectivity index (χ3n) is 11.9. The van der Waals surface area contributed by atoms with Gasteiger partial charge >= 0.3 is 0 Å². The molecule has 3 aromatic heterocycles. The van der Waals surface area contributed by atoms with Gasteiger partial charge in [0.25, 0.3) is 0 Å². The van der Waals surface area contributed by atoms with E-state index in [-0.39, 0.29) is 0 Å². The van der Waals surface area contributed by atoms with E-state index in [4.69, 9.17) is 0 Å². The lowest BCUT2D eigenvalue weighted by atomic mass is 9.87. The highest BCUT2D eigenvalue weighted by Crippen LogP contribution is 2.45. The van der Waals surface area contributed by atoms with Gasteiger partial charge in [-0.05, 0) is 119 Å².